The number of phenolic OH excluding ortho intramolecular Hbond substituents is 2. The Bertz CT molecular complexity index is 559. The van der Waals surface area contributed by atoms with E-state index in [-0.39, 0.29) is 5.75 Å². The van der Waals surface area contributed by atoms with E-state index in [9.17, 15) is 10.2 Å². The van der Waals surface area contributed by atoms with E-state index in [1.165, 1.54) is 5.56 Å². The smallest absolute Gasteiger partial charge is 0.118 e. The fourth-order valence-corrected chi connectivity index (χ4v) is 2.18. The third-order valence-corrected chi connectivity index (χ3v) is 3.25. The molecule has 0 unspecified atom stereocenters. The second kappa shape index (κ2) is 5.13. The van der Waals surface area contributed by atoms with Crippen LogP contribution >= 0.6 is 0 Å². The molecule has 0 saturated carbocycles. The minimum Gasteiger partial charge on any atom is -0.508 e. The minimum atomic E-state index is 0.272. The molecule has 0 aromatic heterocycles. The van der Waals surface area contributed by atoms with Gasteiger partial charge in [0, 0.05) is 0 Å². The summed E-state index contributed by atoms with van der Waals surface area (Å²) in [5, 5.41) is 19.3. The van der Waals surface area contributed by atoms with Crippen molar-refractivity contribution in [3.05, 3.63) is 47.5 Å². The van der Waals surface area contributed by atoms with Crippen molar-refractivity contribution < 1.29 is 10.2 Å². The number of phenols is 2. The standard InChI is InChI=1S/C16H18O2/c1-3-11-5-7-14(17)10-15(11)13-6-8-16(18)12(4-2)9-13/h5-10,17-18H,3-4H2,1-2H3. The molecule has 0 amide bonds. The molecule has 0 aliphatic rings. The van der Waals surface area contributed by atoms with Crippen LogP contribution in [0.1, 0.15) is 25.0 Å². The van der Waals surface area contributed by atoms with Gasteiger partial charge in [-0.3, -0.25) is 0 Å². The van der Waals surface area contributed by atoms with Crippen LogP contribution in [0.3, 0.4) is 0 Å². The molecule has 0 spiro atoms. The fraction of sp³-hybridized carbons (Fsp3) is 0.250. The lowest BCUT2D eigenvalue weighted by atomic mass is 9.95. The first kappa shape index (κ1) is 12.5. The number of aryl methyl sites for hydroxylation is 2. The number of aromatic hydroxyl groups is 2. The number of hydrogen-bond acceptors (Lipinski definition) is 2. The molecule has 18 heavy (non-hydrogen) atoms. The van der Waals surface area contributed by atoms with E-state index in [2.05, 4.69) is 6.92 Å². The molecular weight excluding hydrogens is 224 g/mol. The zero-order valence-corrected chi connectivity index (χ0v) is 10.8. The van der Waals surface area contributed by atoms with Gasteiger partial charge < -0.3 is 10.2 Å². The Labute approximate surface area is 108 Å². The fourth-order valence-electron chi connectivity index (χ4n) is 2.18. The highest BCUT2D eigenvalue weighted by Crippen LogP contribution is 2.31. The molecule has 0 heterocycles. The highest BCUT2D eigenvalue weighted by Gasteiger charge is 2.07. The molecule has 0 aliphatic heterocycles. The van der Waals surface area contributed by atoms with Gasteiger partial charge in [0.05, 0.1) is 0 Å². The van der Waals surface area contributed by atoms with Crippen molar-refractivity contribution in [2.45, 2.75) is 26.7 Å². The van der Waals surface area contributed by atoms with E-state index in [0.29, 0.717) is 5.75 Å². The Morgan fingerprint density at radius 1 is 0.833 bits per heavy atom. The van der Waals surface area contributed by atoms with Crippen LogP contribution in [0.15, 0.2) is 36.4 Å². The molecule has 2 aromatic rings. The molecule has 0 radical (unpaired) electrons. The van der Waals surface area contributed by atoms with E-state index < -0.39 is 0 Å². The third-order valence-electron chi connectivity index (χ3n) is 3.25. The van der Waals surface area contributed by atoms with E-state index in [4.69, 9.17) is 0 Å². The van der Waals surface area contributed by atoms with Crippen LogP contribution in [-0.2, 0) is 12.8 Å². The van der Waals surface area contributed by atoms with Gasteiger partial charge in [0.25, 0.3) is 0 Å². The normalized spacial score (nSPS) is 10.6. The molecular formula is C16H18O2. The lowest BCUT2D eigenvalue weighted by Crippen LogP contribution is -1.89. The summed E-state index contributed by atoms with van der Waals surface area (Å²) in [5.41, 5.74) is 4.20. The van der Waals surface area contributed by atoms with Crippen LogP contribution in [0.4, 0.5) is 0 Å². The van der Waals surface area contributed by atoms with Crippen molar-refractivity contribution in [2.24, 2.45) is 0 Å². The van der Waals surface area contributed by atoms with Crippen molar-refractivity contribution in [3.63, 3.8) is 0 Å². The molecule has 94 valence electrons. The summed E-state index contributed by atoms with van der Waals surface area (Å²) in [6, 6.07) is 11.0. The van der Waals surface area contributed by atoms with Gasteiger partial charge in [-0.05, 0) is 59.4 Å². The molecule has 2 heteroatoms. The Morgan fingerprint density at radius 2 is 1.56 bits per heavy atom. The van der Waals surface area contributed by atoms with E-state index >= 15 is 0 Å². The predicted octanol–water partition coefficient (Wildman–Crippen LogP) is 3.89. The topological polar surface area (TPSA) is 40.5 Å². The average Bonchev–Trinajstić information content (AvgIpc) is 2.39. The number of benzene rings is 2. The van der Waals surface area contributed by atoms with Crippen LogP contribution in [0.5, 0.6) is 11.5 Å². The van der Waals surface area contributed by atoms with Gasteiger partial charge in [0.2, 0.25) is 0 Å². The SMILES string of the molecule is CCc1cc(-c2cc(O)ccc2CC)ccc1O. The summed E-state index contributed by atoms with van der Waals surface area (Å²) in [7, 11) is 0. The lowest BCUT2D eigenvalue weighted by molar-refractivity contribution is 0.469. The lowest BCUT2D eigenvalue weighted by Gasteiger charge is -2.11. The zero-order chi connectivity index (χ0) is 13.1. The van der Waals surface area contributed by atoms with Crippen molar-refractivity contribution in [2.75, 3.05) is 0 Å². The van der Waals surface area contributed by atoms with Crippen LogP contribution in [0.25, 0.3) is 11.1 Å². The maximum absolute atomic E-state index is 9.71. The summed E-state index contributed by atoms with van der Waals surface area (Å²) in [4.78, 5) is 0. The molecule has 2 rings (SSSR count). The van der Waals surface area contributed by atoms with Crippen LogP contribution < -0.4 is 0 Å². The maximum atomic E-state index is 9.71. The first-order valence-electron chi connectivity index (χ1n) is 6.29. The molecule has 0 fully saturated rings. The van der Waals surface area contributed by atoms with Crippen LogP contribution in [0.2, 0.25) is 0 Å². The van der Waals surface area contributed by atoms with Gasteiger partial charge in [0.1, 0.15) is 11.5 Å². The monoisotopic (exact) mass is 242 g/mol. The summed E-state index contributed by atoms with van der Waals surface area (Å²) in [5.74, 6) is 0.604. The first-order chi connectivity index (χ1) is 8.65. The van der Waals surface area contributed by atoms with Gasteiger partial charge in [-0.1, -0.05) is 26.0 Å². The predicted molar refractivity (Wildman–Crippen MR) is 74.0 cm³/mol. The largest absolute Gasteiger partial charge is 0.508 e. The highest BCUT2D eigenvalue weighted by atomic mass is 16.3. The molecule has 0 saturated heterocycles. The van der Waals surface area contributed by atoms with Crippen molar-refractivity contribution in [1.29, 1.82) is 0 Å². The summed E-state index contributed by atoms with van der Waals surface area (Å²) >= 11 is 0. The molecule has 2 aromatic carbocycles. The molecule has 2 N–H and O–H groups in total. The van der Waals surface area contributed by atoms with E-state index in [1.54, 1.807) is 18.2 Å². The number of hydrogen-bond donors (Lipinski definition) is 2. The van der Waals surface area contributed by atoms with Crippen molar-refractivity contribution in [1.82, 2.24) is 0 Å². The number of rotatable bonds is 3. The van der Waals surface area contributed by atoms with Gasteiger partial charge in [0.15, 0.2) is 0 Å². The quantitative estimate of drug-likeness (QED) is 0.857. The van der Waals surface area contributed by atoms with Gasteiger partial charge in [-0.25, -0.2) is 0 Å². The second-order valence-electron chi connectivity index (χ2n) is 4.39. The zero-order valence-electron chi connectivity index (χ0n) is 10.8. The molecule has 0 atom stereocenters. The Kier molecular flexibility index (Phi) is 3.56. The van der Waals surface area contributed by atoms with Crippen LogP contribution in [-0.4, -0.2) is 10.2 Å². The van der Waals surface area contributed by atoms with Crippen LogP contribution in [0, 0.1) is 0 Å². The Morgan fingerprint density at radius 3 is 2.22 bits per heavy atom. The molecule has 0 bridgehead atoms. The molecule has 2 nitrogen and oxygen atoms in total. The molecule has 0 aliphatic carbocycles. The highest BCUT2D eigenvalue weighted by molar-refractivity contribution is 5.70. The van der Waals surface area contributed by atoms with Gasteiger partial charge in [-0.15, -0.1) is 0 Å². The van der Waals surface area contributed by atoms with Gasteiger partial charge in [-0.2, -0.15) is 0 Å². The minimum absolute atomic E-state index is 0.272. The van der Waals surface area contributed by atoms with Crippen molar-refractivity contribution >= 4 is 0 Å². The summed E-state index contributed by atoms with van der Waals surface area (Å²) in [6.45, 7) is 4.11. The summed E-state index contributed by atoms with van der Waals surface area (Å²) < 4.78 is 0. The van der Waals surface area contributed by atoms with Crippen molar-refractivity contribution in [3.8, 4) is 22.6 Å². The third kappa shape index (κ3) is 2.33. The Hall–Kier alpha value is -1.96. The van der Waals surface area contributed by atoms with E-state index in [1.807, 2.05) is 25.1 Å². The second-order valence-corrected chi connectivity index (χ2v) is 4.39. The first-order valence-corrected chi connectivity index (χ1v) is 6.29. The average molecular weight is 242 g/mol. The summed E-state index contributed by atoms with van der Waals surface area (Å²) in [6.07, 6.45) is 1.71. The maximum Gasteiger partial charge on any atom is 0.118 e. The van der Waals surface area contributed by atoms with E-state index in [0.717, 1.165) is 29.5 Å². The van der Waals surface area contributed by atoms with Gasteiger partial charge >= 0.3 is 0 Å². The Balaban J connectivity index is 2.57.